The summed E-state index contributed by atoms with van der Waals surface area (Å²) in [6, 6.07) is 0.823. The minimum Gasteiger partial charge on any atom is -0.381 e. The van der Waals surface area contributed by atoms with Crippen LogP contribution in [0.2, 0.25) is 0 Å². The van der Waals surface area contributed by atoms with Crippen molar-refractivity contribution in [2.24, 2.45) is 7.05 Å². The molecule has 0 N–H and O–H groups in total. The van der Waals surface area contributed by atoms with Crippen LogP contribution in [0.1, 0.15) is 29.8 Å². The van der Waals surface area contributed by atoms with Gasteiger partial charge in [-0.25, -0.2) is 9.78 Å². The zero-order valence-corrected chi connectivity index (χ0v) is 18.1. The number of likely N-dealkylation sites (tertiary alicyclic amines) is 1. The fourth-order valence-electron chi connectivity index (χ4n) is 4.24. The molecule has 1 aromatic heterocycles. The Bertz CT molecular complexity index is 700. The molecule has 3 rings (SSSR count). The molecule has 2 aliphatic rings. The van der Waals surface area contributed by atoms with E-state index in [1.807, 2.05) is 19.0 Å². The van der Waals surface area contributed by atoms with Gasteiger partial charge in [-0.1, -0.05) is 0 Å². The molecule has 2 aliphatic heterocycles. The average Bonchev–Trinajstić information content (AvgIpc) is 3.37. The van der Waals surface area contributed by atoms with Gasteiger partial charge in [-0.15, -0.1) is 0 Å². The summed E-state index contributed by atoms with van der Waals surface area (Å²) in [6.07, 6.45) is 6.35. The van der Waals surface area contributed by atoms with Crippen LogP contribution in [0.4, 0.5) is 4.79 Å². The second kappa shape index (κ2) is 9.58. The smallest absolute Gasteiger partial charge is 0.319 e. The summed E-state index contributed by atoms with van der Waals surface area (Å²) >= 11 is 0. The fourth-order valence-corrected chi connectivity index (χ4v) is 4.24. The standard InChI is InChI=1S/C20H34N6O3/c1-22(2)20(28)25-8-5-17(13-25)26(16-6-11-29-12-7-16)10-9-24(4)19(27)18-14-23(3)15-21-18/h14-17H,5-13H2,1-4H3. The van der Waals surface area contributed by atoms with Gasteiger partial charge in [0.05, 0.1) is 6.33 Å². The number of likely N-dealkylation sites (N-methyl/N-ethyl adjacent to an activating group) is 1. The molecular weight excluding hydrogens is 372 g/mol. The number of ether oxygens (including phenoxy) is 1. The molecule has 0 spiro atoms. The molecule has 9 heteroatoms. The van der Waals surface area contributed by atoms with Crippen LogP contribution >= 0.6 is 0 Å². The number of carbonyl (C=O) groups is 2. The van der Waals surface area contributed by atoms with Gasteiger partial charge in [0.1, 0.15) is 5.69 Å². The molecule has 1 unspecified atom stereocenters. The highest BCUT2D eigenvalue weighted by Gasteiger charge is 2.35. The normalized spacial score (nSPS) is 20.3. The molecule has 0 aliphatic carbocycles. The van der Waals surface area contributed by atoms with Gasteiger partial charge in [-0.2, -0.15) is 0 Å². The van der Waals surface area contributed by atoms with Gasteiger partial charge in [0.25, 0.3) is 5.91 Å². The number of rotatable bonds is 6. The predicted octanol–water partition coefficient (Wildman–Crippen LogP) is 0.729. The first-order valence-electron chi connectivity index (χ1n) is 10.4. The molecule has 29 heavy (non-hydrogen) atoms. The third kappa shape index (κ3) is 5.27. The van der Waals surface area contributed by atoms with E-state index in [0.29, 0.717) is 24.3 Å². The van der Waals surface area contributed by atoms with Crippen molar-refractivity contribution in [3.63, 3.8) is 0 Å². The van der Waals surface area contributed by atoms with Gasteiger partial charge >= 0.3 is 6.03 Å². The Kier molecular flexibility index (Phi) is 7.13. The minimum atomic E-state index is -0.0617. The molecule has 0 radical (unpaired) electrons. The number of urea groups is 1. The van der Waals surface area contributed by atoms with Crippen LogP contribution in [-0.2, 0) is 11.8 Å². The molecule has 0 saturated carbocycles. The van der Waals surface area contributed by atoms with Crippen LogP contribution in [0.3, 0.4) is 0 Å². The summed E-state index contributed by atoms with van der Waals surface area (Å²) in [5.74, 6) is -0.0617. The van der Waals surface area contributed by atoms with E-state index in [2.05, 4.69) is 9.88 Å². The van der Waals surface area contributed by atoms with Gasteiger partial charge in [-0.05, 0) is 19.3 Å². The topological polar surface area (TPSA) is 74.2 Å². The number of carbonyl (C=O) groups excluding carboxylic acids is 2. The number of aryl methyl sites for hydroxylation is 1. The van der Waals surface area contributed by atoms with Crippen LogP contribution in [0.25, 0.3) is 0 Å². The highest BCUT2D eigenvalue weighted by Crippen LogP contribution is 2.23. The van der Waals surface area contributed by atoms with E-state index in [0.717, 1.165) is 52.1 Å². The predicted molar refractivity (Wildman–Crippen MR) is 110 cm³/mol. The zero-order chi connectivity index (χ0) is 21.0. The molecule has 162 valence electrons. The maximum Gasteiger partial charge on any atom is 0.319 e. The number of aromatic nitrogens is 2. The van der Waals surface area contributed by atoms with Crippen molar-refractivity contribution >= 4 is 11.9 Å². The first-order valence-corrected chi connectivity index (χ1v) is 10.4. The van der Waals surface area contributed by atoms with Crippen molar-refractivity contribution in [2.45, 2.75) is 31.3 Å². The lowest BCUT2D eigenvalue weighted by atomic mass is 10.0. The maximum absolute atomic E-state index is 12.6. The van der Waals surface area contributed by atoms with Crippen LogP contribution in [0, 0.1) is 0 Å². The average molecular weight is 407 g/mol. The lowest BCUT2D eigenvalue weighted by Gasteiger charge is -2.39. The van der Waals surface area contributed by atoms with Crippen molar-refractivity contribution in [2.75, 3.05) is 60.5 Å². The molecule has 0 bridgehead atoms. The summed E-state index contributed by atoms with van der Waals surface area (Å²) in [5.41, 5.74) is 0.469. The zero-order valence-electron chi connectivity index (χ0n) is 18.1. The molecule has 3 heterocycles. The van der Waals surface area contributed by atoms with Crippen molar-refractivity contribution in [3.8, 4) is 0 Å². The van der Waals surface area contributed by atoms with Gasteiger partial charge in [0.2, 0.25) is 0 Å². The Morgan fingerprint density at radius 1 is 1.14 bits per heavy atom. The fraction of sp³-hybridized carbons (Fsp3) is 0.750. The monoisotopic (exact) mass is 406 g/mol. The van der Waals surface area contributed by atoms with E-state index in [1.54, 1.807) is 41.0 Å². The van der Waals surface area contributed by atoms with E-state index < -0.39 is 0 Å². The van der Waals surface area contributed by atoms with Crippen LogP contribution in [0.15, 0.2) is 12.5 Å². The molecule has 2 saturated heterocycles. The van der Waals surface area contributed by atoms with E-state index in [-0.39, 0.29) is 11.9 Å². The van der Waals surface area contributed by atoms with Gasteiger partial charge in [-0.3, -0.25) is 9.69 Å². The van der Waals surface area contributed by atoms with E-state index in [1.165, 1.54) is 0 Å². The second-order valence-corrected chi connectivity index (χ2v) is 8.30. The van der Waals surface area contributed by atoms with Crippen LogP contribution in [-0.4, -0.2) is 114 Å². The Morgan fingerprint density at radius 3 is 2.48 bits per heavy atom. The summed E-state index contributed by atoms with van der Waals surface area (Å²) in [5, 5.41) is 0. The quantitative estimate of drug-likeness (QED) is 0.696. The molecular formula is C20H34N6O3. The molecule has 1 aromatic rings. The molecule has 2 fully saturated rings. The SMILES string of the molecule is CN(C)C(=O)N1CCC(N(CCN(C)C(=O)c2cn(C)cn2)C2CCOCC2)C1. The Morgan fingerprint density at radius 2 is 1.86 bits per heavy atom. The molecule has 3 amide bonds. The van der Waals surface area contributed by atoms with Gasteiger partial charge in [0, 0.05) is 85.9 Å². The highest BCUT2D eigenvalue weighted by molar-refractivity contribution is 5.91. The van der Waals surface area contributed by atoms with E-state index in [4.69, 9.17) is 4.74 Å². The van der Waals surface area contributed by atoms with Crippen LogP contribution < -0.4 is 0 Å². The number of amides is 3. The third-order valence-corrected chi connectivity index (χ3v) is 5.91. The number of imidazole rings is 1. The third-order valence-electron chi connectivity index (χ3n) is 5.91. The first kappa shape index (κ1) is 21.6. The van der Waals surface area contributed by atoms with Crippen molar-refractivity contribution in [1.29, 1.82) is 0 Å². The van der Waals surface area contributed by atoms with Gasteiger partial charge < -0.3 is 24.0 Å². The van der Waals surface area contributed by atoms with E-state index >= 15 is 0 Å². The summed E-state index contributed by atoms with van der Waals surface area (Å²) in [4.78, 5) is 37.0. The summed E-state index contributed by atoms with van der Waals surface area (Å²) in [6.45, 7) is 4.49. The Hall–Kier alpha value is -2.13. The molecule has 1 atom stereocenters. The van der Waals surface area contributed by atoms with E-state index in [9.17, 15) is 9.59 Å². The van der Waals surface area contributed by atoms with Crippen molar-refractivity contribution in [1.82, 2.24) is 29.2 Å². The Labute approximate surface area is 173 Å². The lowest BCUT2D eigenvalue weighted by Crippen LogP contribution is -2.50. The lowest BCUT2D eigenvalue weighted by molar-refractivity contribution is 0.0151. The maximum atomic E-state index is 12.6. The van der Waals surface area contributed by atoms with Crippen molar-refractivity contribution in [3.05, 3.63) is 18.2 Å². The van der Waals surface area contributed by atoms with Crippen molar-refractivity contribution < 1.29 is 14.3 Å². The summed E-state index contributed by atoms with van der Waals surface area (Å²) in [7, 11) is 7.28. The number of hydrogen-bond donors (Lipinski definition) is 0. The molecule has 0 aromatic carbocycles. The minimum absolute atomic E-state index is 0.0617. The largest absolute Gasteiger partial charge is 0.381 e. The second-order valence-electron chi connectivity index (χ2n) is 8.30. The number of nitrogens with zero attached hydrogens (tertiary/aromatic N) is 6. The highest BCUT2D eigenvalue weighted by atomic mass is 16.5. The Balaban J connectivity index is 1.63. The molecule has 9 nitrogen and oxygen atoms in total. The number of hydrogen-bond acceptors (Lipinski definition) is 5. The van der Waals surface area contributed by atoms with Crippen LogP contribution in [0.5, 0.6) is 0 Å². The summed E-state index contributed by atoms with van der Waals surface area (Å²) < 4.78 is 7.34. The van der Waals surface area contributed by atoms with Gasteiger partial charge in [0.15, 0.2) is 0 Å². The first-order chi connectivity index (χ1) is 13.9.